The van der Waals surface area contributed by atoms with Crippen LogP contribution in [0.4, 0.5) is 4.79 Å². The number of hydrogen-bond donors (Lipinski definition) is 1. The van der Waals surface area contributed by atoms with E-state index in [0.29, 0.717) is 13.0 Å². The molecule has 2 amide bonds. The average molecular weight is 370 g/mol. The Hall–Kier alpha value is -1.93. The molecule has 0 heterocycles. The van der Waals surface area contributed by atoms with Gasteiger partial charge in [-0.25, -0.2) is 9.00 Å². The molecule has 0 bridgehead atoms. The number of benzene rings is 1. The number of carbonyl (C=O) groups is 2. The maximum atomic E-state index is 12.9. The van der Waals surface area contributed by atoms with Crippen molar-refractivity contribution in [1.82, 2.24) is 4.72 Å². The highest BCUT2D eigenvalue weighted by Gasteiger charge is 2.20. The predicted octanol–water partition coefficient (Wildman–Crippen LogP) is 3.08. The molecule has 1 aromatic rings. The molecule has 1 aromatic carbocycles. The Kier molecular flexibility index (Phi) is 8.57. The maximum absolute atomic E-state index is 12.9. The largest absolute Gasteiger partial charge is 0.443 e. The lowest BCUT2D eigenvalue weighted by atomic mass is 10.1. The first-order valence-electron chi connectivity index (χ1n) is 8.03. The third-order valence-electron chi connectivity index (χ3n) is 3.40. The van der Waals surface area contributed by atoms with Gasteiger partial charge in [0.1, 0.15) is 16.0 Å². The molecule has 0 saturated heterocycles. The van der Waals surface area contributed by atoms with Crippen molar-refractivity contribution >= 4 is 21.9 Å². The predicted molar refractivity (Wildman–Crippen MR) is 96.2 cm³/mol. The molecular weight excluding hydrogens is 344 g/mol. The third-order valence-corrected chi connectivity index (χ3v) is 5.47. The van der Waals surface area contributed by atoms with Crippen LogP contribution in [0, 0.1) is 5.92 Å². The molecule has 0 aliphatic carbocycles. The molecular formula is C17H26N2O5S. The zero-order valence-corrected chi connectivity index (χ0v) is 15.9. The molecule has 0 radical (unpaired) electrons. The van der Waals surface area contributed by atoms with E-state index in [4.69, 9.17) is 9.47 Å². The van der Waals surface area contributed by atoms with Gasteiger partial charge < -0.3 is 9.47 Å². The summed E-state index contributed by atoms with van der Waals surface area (Å²) in [6.07, 6.45) is -0.865. The molecule has 0 aromatic heterocycles. The van der Waals surface area contributed by atoms with Crippen LogP contribution in [0.15, 0.2) is 34.7 Å². The van der Waals surface area contributed by atoms with E-state index in [2.05, 4.69) is 9.08 Å². The second-order valence-corrected chi connectivity index (χ2v) is 7.88. The minimum absolute atomic E-state index is 0.0464. The number of nitrogens with one attached hydrogen (secondary N) is 1. The average Bonchev–Trinajstić information content (AvgIpc) is 2.52. The number of methoxy groups -OCH3 is 1. The summed E-state index contributed by atoms with van der Waals surface area (Å²) in [6, 6.07) is 9.14. The summed E-state index contributed by atoms with van der Waals surface area (Å²) in [5, 5.41) is 0. The summed E-state index contributed by atoms with van der Waals surface area (Å²) in [6.45, 7) is 5.28. The van der Waals surface area contributed by atoms with Crippen LogP contribution in [0.1, 0.15) is 38.9 Å². The zero-order valence-electron chi connectivity index (χ0n) is 15.1. The first kappa shape index (κ1) is 21.1. The summed E-state index contributed by atoms with van der Waals surface area (Å²) in [7, 11) is -1.68. The molecule has 1 unspecified atom stereocenters. The number of rotatable bonds is 8. The van der Waals surface area contributed by atoms with Crippen LogP contribution in [0.3, 0.4) is 0 Å². The Bertz CT molecular complexity index is 684. The smallest absolute Gasteiger partial charge is 0.440 e. The Balaban J connectivity index is 2.87. The van der Waals surface area contributed by atoms with Crippen molar-refractivity contribution in [3.63, 3.8) is 0 Å². The molecule has 3 atom stereocenters. The van der Waals surface area contributed by atoms with Gasteiger partial charge in [0.2, 0.25) is 5.91 Å². The highest BCUT2D eigenvalue weighted by atomic mass is 32.2. The fraction of sp³-hybridized carbons (Fsp3) is 0.529. The Morgan fingerprint density at radius 2 is 1.88 bits per heavy atom. The molecule has 8 heteroatoms. The van der Waals surface area contributed by atoms with Crippen LogP contribution in [0.25, 0.3) is 0 Å². The van der Waals surface area contributed by atoms with Crippen LogP contribution in [-0.2, 0) is 24.2 Å². The number of carbonyl (C=O) groups excluding carboxylic acids is 2. The molecule has 0 saturated carbocycles. The number of nitrogens with zero attached hydrogens (tertiary/aromatic N) is 1. The Labute approximate surface area is 149 Å². The van der Waals surface area contributed by atoms with Gasteiger partial charge in [-0.3, -0.25) is 9.52 Å². The van der Waals surface area contributed by atoms with Crippen molar-refractivity contribution in [2.75, 3.05) is 19.5 Å². The van der Waals surface area contributed by atoms with Gasteiger partial charge in [0.15, 0.2) is 0 Å². The maximum Gasteiger partial charge on any atom is 0.443 e. The molecule has 0 aliphatic rings. The van der Waals surface area contributed by atoms with E-state index in [0.717, 1.165) is 5.56 Å². The quantitative estimate of drug-likeness (QED) is 0.759. The van der Waals surface area contributed by atoms with E-state index in [1.165, 1.54) is 6.92 Å². The molecule has 140 valence electrons. The fourth-order valence-electron chi connectivity index (χ4n) is 2.20. The van der Waals surface area contributed by atoms with Crippen molar-refractivity contribution in [2.24, 2.45) is 10.3 Å². The summed E-state index contributed by atoms with van der Waals surface area (Å²) < 4.78 is 29.0. The molecule has 0 aliphatic heterocycles. The first-order valence-corrected chi connectivity index (χ1v) is 9.72. The third kappa shape index (κ3) is 8.13. The van der Waals surface area contributed by atoms with Gasteiger partial charge in [0.05, 0.1) is 5.75 Å². The monoisotopic (exact) mass is 370 g/mol. The van der Waals surface area contributed by atoms with E-state index in [9.17, 15) is 13.8 Å². The van der Waals surface area contributed by atoms with E-state index >= 15 is 0 Å². The van der Waals surface area contributed by atoms with Gasteiger partial charge in [0, 0.05) is 20.6 Å². The molecule has 7 nitrogen and oxygen atoms in total. The van der Waals surface area contributed by atoms with Gasteiger partial charge in [-0.15, -0.1) is 4.36 Å². The lowest BCUT2D eigenvalue weighted by molar-refractivity contribution is -0.117. The summed E-state index contributed by atoms with van der Waals surface area (Å²) in [5.74, 6) is -0.524. The standard InChI is InChI=1S/C17H26N2O5S/c1-13(10-11-23-4)12-25(22,18-15(3)20)19-17(21)24-14(2)16-8-6-5-7-9-16/h5-9,13-14H,10-12H2,1-4H3,(H,18,19,20,21,22)/t13-,14-,25?/m0/s1. The van der Waals surface area contributed by atoms with E-state index < -0.39 is 28.0 Å². The molecule has 0 spiro atoms. The van der Waals surface area contributed by atoms with Crippen LogP contribution < -0.4 is 4.72 Å². The fourth-order valence-corrected chi connectivity index (χ4v) is 4.07. The van der Waals surface area contributed by atoms with E-state index in [1.54, 1.807) is 14.0 Å². The summed E-state index contributed by atoms with van der Waals surface area (Å²) in [4.78, 5) is 23.4. The lowest BCUT2D eigenvalue weighted by Crippen LogP contribution is -2.33. The summed E-state index contributed by atoms with van der Waals surface area (Å²) in [5.41, 5.74) is 0.797. The topological polar surface area (TPSA) is 94.1 Å². The second kappa shape index (κ2) is 10.1. The number of amides is 2. The Morgan fingerprint density at radius 3 is 2.44 bits per heavy atom. The molecule has 25 heavy (non-hydrogen) atoms. The minimum atomic E-state index is -3.25. The van der Waals surface area contributed by atoms with Crippen LogP contribution in [0.2, 0.25) is 0 Å². The van der Waals surface area contributed by atoms with Crippen LogP contribution in [-0.4, -0.2) is 35.7 Å². The van der Waals surface area contributed by atoms with Gasteiger partial charge in [-0.05, 0) is 24.8 Å². The Morgan fingerprint density at radius 1 is 1.24 bits per heavy atom. The number of hydrogen-bond acceptors (Lipinski definition) is 5. The van der Waals surface area contributed by atoms with Crippen molar-refractivity contribution in [1.29, 1.82) is 0 Å². The van der Waals surface area contributed by atoms with Crippen molar-refractivity contribution in [3.8, 4) is 0 Å². The van der Waals surface area contributed by atoms with Gasteiger partial charge >= 0.3 is 6.09 Å². The first-order chi connectivity index (χ1) is 11.8. The molecule has 1 rings (SSSR count). The lowest BCUT2D eigenvalue weighted by Gasteiger charge is -2.16. The normalized spacial score (nSPS) is 15.5. The molecule has 0 fully saturated rings. The van der Waals surface area contributed by atoms with Crippen molar-refractivity contribution in [2.45, 2.75) is 33.3 Å². The molecule has 1 N–H and O–H groups in total. The van der Waals surface area contributed by atoms with Gasteiger partial charge in [-0.1, -0.05) is 37.3 Å². The highest BCUT2D eigenvalue weighted by Crippen LogP contribution is 2.17. The van der Waals surface area contributed by atoms with Crippen molar-refractivity contribution < 1.29 is 23.3 Å². The van der Waals surface area contributed by atoms with Gasteiger partial charge in [-0.2, -0.15) is 0 Å². The minimum Gasteiger partial charge on any atom is -0.440 e. The highest BCUT2D eigenvalue weighted by molar-refractivity contribution is 7.92. The second-order valence-electron chi connectivity index (χ2n) is 5.88. The van der Waals surface area contributed by atoms with Gasteiger partial charge in [0.25, 0.3) is 0 Å². The van der Waals surface area contributed by atoms with Crippen LogP contribution >= 0.6 is 0 Å². The summed E-state index contributed by atoms with van der Waals surface area (Å²) >= 11 is 0. The van der Waals surface area contributed by atoms with Crippen LogP contribution in [0.5, 0.6) is 0 Å². The van der Waals surface area contributed by atoms with E-state index in [1.807, 2.05) is 37.3 Å². The van der Waals surface area contributed by atoms with E-state index in [-0.39, 0.29) is 11.7 Å². The SMILES string of the molecule is COCC[C@H](C)CS(=O)(=NC(=O)O[C@@H](C)c1ccccc1)NC(C)=O. The van der Waals surface area contributed by atoms with Crippen molar-refractivity contribution in [3.05, 3.63) is 35.9 Å². The zero-order chi connectivity index (χ0) is 18.9. The number of ether oxygens (including phenoxy) is 2.